The molecule has 0 fully saturated rings. The van der Waals surface area contributed by atoms with Crippen molar-refractivity contribution in [2.45, 2.75) is 13.5 Å². The van der Waals surface area contributed by atoms with Crippen molar-refractivity contribution in [2.75, 3.05) is 7.11 Å². The molecule has 6 nitrogen and oxygen atoms in total. The molecule has 0 atom stereocenters. The number of aromatic carboxylic acids is 1. The van der Waals surface area contributed by atoms with Crippen molar-refractivity contribution >= 4 is 17.9 Å². The molecule has 28 heavy (non-hydrogen) atoms. The molecule has 3 rings (SSSR count). The lowest BCUT2D eigenvalue weighted by molar-refractivity contribution is 0.0658. The molecule has 0 aliphatic heterocycles. The monoisotopic (exact) mass is 383 g/mol. The molecule has 1 N–H and O–H groups in total. The third kappa shape index (κ3) is 4.56. The summed E-state index contributed by atoms with van der Waals surface area (Å²) < 4.78 is 29.5. The number of nitrogens with zero attached hydrogens (tertiary/aromatic N) is 1. The summed E-state index contributed by atoms with van der Waals surface area (Å²) in [7, 11) is 1.52. The number of benzene rings is 2. The van der Waals surface area contributed by atoms with E-state index in [0.29, 0.717) is 28.5 Å². The second-order valence-corrected chi connectivity index (χ2v) is 5.96. The number of hydrogen-bond acceptors (Lipinski definition) is 5. The van der Waals surface area contributed by atoms with Crippen LogP contribution in [-0.4, -0.2) is 24.4 Å². The number of rotatable bonds is 7. The van der Waals surface area contributed by atoms with Crippen LogP contribution in [0.5, 0.6) is 11.5 Å². The molecule has 0 aliphatic rings. The van der Waals surface area contributed by atoms with Gasteiger partial charge in [0.05, 0.1) is 12.8 Å². The molecule has 0 bridgehead atoms. The Balaban J connectivity index is 1.71. The first kappa shape index (κ1) is 19.2. The maximum Gasteiger partial charge on any atom is 0.371 e. The number of hydrogen-bond donors (Lipinski definition) is 1. The van der Waals surface area contributed by atoms with Gasteiger partial charge in [0.1, 0.15) is 18.2 Å². The van der Waals surface area contributed by atoms with Crippen LogP contribution >= 0.6 is 0 Å². The predicted molar refractivity (Wildman–Crippen MR) is 101 cm³/mol. The minimum Gasteiger partial charge on any atom is -0.493 e. The molecule has 3 aromatic rings. The molecular formula is C21H18FNO5. The van der Waals surface area contributed by atoms with Gasteiger partial charge in [-0.15, -0.1) is 0 Å². The van der Waals surface area contributed by atoms with Crippen LogP contribution in [-0.2, 0) is 6.61 Å². The minimum absolute atomic E-state index is 0.0614. The molecule has 0 saturated heterocycles. The van der Waals surface area contributed by atoms with E-state index in [2.05, 4.69) is 4.99 Å². The number of carboxylic acids is 1. The Morgan fingerprint density at radius 1 is 1.18 bits per heavy atom. The lowest BCUT2D eigenvalue weighted by Crippen LogP contribution is -1.98. The van der Waals surface area contributed by atoms with E-state index in [0.717, 1.165) is 5.56 Å². The number of aliphatic imine (C=N–C) groups is 1. The highest BCUT2D eigenvalue weighted by atomic mass is 19.1. The fourth-order valence-electron chi connectivity index (χ4n) is 2.46. The Kier molecular flexibility index (Phi) is 5.74. The lowest BCUT2D eigenvalue weighted by atomic mass is 10.2. The van der Waals surface area contributed by atoms with Gasteiger partial charge in [0, 0.05) is 6.21 Å². The Labute approximate surface area is 160 Å². The Bertz CT molecular complexity index is 1030. The van der Waals surface area contributed by atoms with Crippen molar-refractivity contribution in [3.8, 4) is 11.5 Å². The van der Waals surface area contributed by atoms with Crippen LogP contribution in [0, 0.1) is 12.7 Å². The SMILES string of the molecule is COc1cc(C=Nc2ccc(F)c(C)c2)ccc1OCc1ccc(C(=O)O)o1. The van der Waals surface area contributed by atoms with Crippen LogP contribution in [0.1, 0.15) is 27.4 Å². The number of furan rings is 1. The van der Waals surface area contributed by atoms with Gasteiger partial charge in [-0.1, -0.05) is 0 Å². The molecule has 0 spiro atoms. The summed E-state index contributed by atoms with van der Waals surface area (Å²) in [6.45, 7) is 1.74. The van der Waals surface area contributed by atoms with Crippen LogP contribution in [0.4, 0.5) is 10.1 Å². The van der Waals surface area contributed by atoms with Crippen molar-refractivity contribution in [2.24, 2.45) is 4.99 Å². The second-order valence-electron chi connectivity index (χ2n) is 5.96. The fourth-order valence-corrected chi connectivity index (χ4v) is 2.46. The van der Waals surface area contributed by atoms with Crippen molar-refractivity contribution in [3.63, 3.8) is 0 Å². The first-order chi connectivity index (χ1) is 13.5. The van der Waals surface area contributed by atoms with Gasteiger partial charge in [-0.2, -0.15) is 0 Å². The largest absolute Gasteiger partial charge is 0.493 e. The first-order valence-corrected chi connectivity index (χ1v) is 8.39. The first-order valence-electron chi connectivity index (χ1n) is 8.39. The number of methoxy groups -OCH3 is 1. The van der Waals surface area contributed by atoms with Gasteiger partial charge in [0.15, 0.2) is 11.5 Å². The Morgan fingerprint density at radius 3 is 2.68 bits per heavy atom. The highest BCUT2D eigenvalue weighted by Crippen LogP contribution is 2.29. The van der Waals surface area contributed by atoms with Crippen LogP contribution in [0.25, 0.3) is 0 Å². The van der Waals surface area contributed by atoms with Gasteiger partial charge >= 0.3 is 5.97 Å². The van der Waals surface area contributed by atoms with E-state index in [9.17, 15) is 9.18 Å². The zero-order valence-corrected chi connectivity index (χ0v) is 15.3. The Morgan fingerprint density at radius 2 is 2.00 bits per heavy atom. The quantitative estimate of drug-likeness (QED) is 0.595. The third-order valence-corrected chi connectivity index (χ3v) is 3.93. The molecule has 0 amide bonds. The van der Waals surface area contributed by atoms with Crippen molar-refractivity contribution in [1.29, 1.82) is 0 Å². The molecule has 1 aromatic heterocycles. The van der Waals surface area contributed by atoms with E-state index in [1.54, 1.807) is 49.5 Å². The Hall–Kier alpha value is -3.61. The fraction of sp³-hybridized carbons (Fsp3) is 0.143. The van der Waals surface area contributed by atoms with Crippen LogP contribution in [0.2, 0.25) is 0 Å². The number of aryl methyl sites for hydroxylation is 1. The normalized spacial score (nSPS) is 11.0. The van der Waals surface area contributed by atoms with Gasteiger partial charge in [-0.3, -0.25) is 4.99 Å². The van der Waals surface area contributed by atoms with E-state index in [-0.39, 0.29) is 18.2 Å². The molecule has 7 heteroatoms. The van der Waals surface area contributed by atoms with Crippen LogP contribution < -0.4 is 9.47 Å². The molecule has 1 heterocycles. The standard InChI is InChI=1S/C21H18FNO5/c1-13-9-15(4-6-17(13)22)23-11-14-3-7-18(20(10-14)26-2)27-12-16-5-8-19(28-16)21(24)25/h3-11H,12H2,1-2H3,(H,24,25). The van der Waals surface area contributed by atoms with Crippen LogP contribution in [0.3, 0.4) is 0 Å². The van der Waals surface area contributed by atoms with Gasteiger partial charge in [-0.05, 0) is 66.6 Å². The van der Waals surface area contributed by atoms with E-state index in [1.807, 2.05) is 0 Å². The van der Waals surface area contributed by atoms with E-state index in [4.69, 9.17) is 19.0 Å². The van der Waals surface area contributed by atoms with E-state index >= 15 is 0 Å². The zero-order chi connectivity index (χ0) is 20.1. The summed E-state index contributed by atoms with van der Waals surface area (Å²) >= 11 is 0. The molecule has 2 aromatic carbocycles. The highest BCUT2D eigenvalue weighted by Gasteiger charge is 2.11. The van der Waals surface area contributed by atoms with Gasteiger partial charge in [0.25, 0.3) is 0 Å². The summed E-state index contributed by atoms with van der Waals surface area (Å²) in [4.78, 5) is 15.2. The molecule has 144 valence electrons. The van der Waals surface area contributed by atoms with Gasteiger partial charge in [-0.25, -0.2) is 9.18 Å². The summed E-state index contributed by atoms with van der Waals surface area (Å²) in [6.07, 6.45) is 1.64. The van der Waals surface area contributed by atoms with Gasteiger partial charge in [0.2, 0.25) is 5.76 Å². The summed E-state index contributed by atoms with van der Waals surface area (Å²) in [5, 5.41) is 8.87. The minimum atomic E-state index is -1.14. The third-order valence-electron chi connectivity index (χ3n) is 3.93. The number of ether oxygens (including phenoxy) is 2. The number of halogens is 1. The average Bonchev–Trinajstić information content (AvgIpc) is 3.17. The number of carboxylic acid groups (broad SMARTS) is 1. The maximum atomic E-state index is 13.3. The van der Waals surface area contributed by atoms with Crippen molar-refractivity contribution in [1.82, 2.24) is 0 Å². The maximum absolute atomic E-state index is 13.3. The predicted octanol–water partition coefficient (Wildman–Crippen LogP) is 4.76. The molecule has 0 saturated carbocycles. The molecular weight excluding hydrogens is 365 g/mol. The zero-order valence-electron chi connectivity index (χ0n) is 15.3. The summed E-state index contributed by atoms with van der Waals surface area (Å²) in [5.74, 6) is -0.197. The van der Waals surface area contributed by atoms with E-state index < -0.39 is 5.97 Å². The van der Waals surface area contributed by atoms with Crippen LogP contribution in [0.15, 0.2) is 57.9 Å². The number of carbonyl (C=O) groups is 1. The molecule has 0 radical (unpaired) electrons. The summed E-state index contributed by atoms with van der Waals surface area (Å²) in [5.41, 5.74) is 1.95. The second kappa shape index (κ2) is 8.39. The average molecular weight is 383 g/mol. The van der Waals surface area contributed by atoms with Crippen molar-refractivity contribution < 1.29 is 28.2 Å². The molecule has 0 unspecified atom stereocenters. The summed E-state index contributed by atoms with van der Waals surface area (Å²) in [6, 6.07) is 12.8. The molecule has 0 aliphatic carbocycles. The smallest absolute Gasteiger partial charge is 0.371 e. The van der Waals surface area contributed by atoms with Crippen molar-refractivity contribution in [3.05, 3.63) is 77.0 Å². The highest BCUT2D eigenvalue weighted by molar-refractivity contribution is 5.84. The van der Waals surface area contributed by atoms with E-state index in [1.165, 1.54) is 19.2 Å². The lowest BCUT2D eigenvalue weighted by Gasteiger charge is -2.10. The topological polar surface area (TPSA) is 81.3 Å². The van der Waals surface area contributed by atoms with Gasteiger partial charge < -0.3 is 19.0 Å².